The maximum absolute atomic E-state index is 12.7. The van der Waals surface area contributed by atoms with Crippen molar-refractivity contribution in [3.63, 3.8) is 0 Å². The van der Waals surface area contributed by atoms with Gasteiger partial charge in [0.15, 0.2) is 0 Å². The number of benzene rings is 2. The number of carbonyl (C=O) groups excluding carboxylic acids is 1. The first-order valence-corrected chi connectivity index (χ1v) is 9.17. The molecular formula is C20H16F3N5O4. The van der Waals surface area contributed by atoms with Crippen molar-refractivity contribution >= 4 is 34.7 Å². The van der Waals surface area contributed by atoms with E-state index in [1.54, 1.807) is 19.1 Å². The number of halogens is 3. The van der Waals surface area contributed by atoms with Gasteiger partial charge in [-0.15, -0.1) is 0 Å². The van der Waals surface area contributed by atoms with Gasteiger partial charge in [0.1, 0.15) is 6.33 Å². The molecule has 3 aromatic rings. The van der Waals surface area contributed by atoms with Crippen molar-refractivity contribution in [1.29, 1.82) is 0 Å². The number of nitrogens with zero attached hydrogens (tertiary/aromatic N) is 3. The number of nitro groups is 1. The van der Waals surface area contributed by atoms with E-state index in [0.29, 0.717) is 0 Å². The van der Waals surface area contributed by atoms with Gasteiger partial charge in [-0.25, -0.2) is 14.8 Å². The molecule has 3 rings (SSSR count). The molecule has 0 aliphatic carbocycles. The molecular weight excluding hydrogens is 431 g/mol. The summed E-state index contributed by atoms with van der Waals surface area (Å²) in [5.41, 5.74) is -0.922. The molecule has 0 radical (unpaired) electrons. The third-order valence-corrected chi connectivity index (χ3v) is 4.16. The second-order valence-corrected chi connectivity index (χ2v) is 6.27. The van der Waals surface area contributed by atoms with E-state index in [9.17, 15) is 28.1 Å². The van der Waals surface area contributed by atoms with Crippen LogP contribution in [0.2, 0.25) is 0 Å². The molecule has 2 aromatic carbocycles. The molecule has 32 heavy (non-hydrogen) atoms. The summed E-state index contributed by atoms with van der Waals surface area (Å²) in [6.45, 7) is 1.78. The summed E-state index contributed by atoms with van der Waals surface area (Å²) >= 11 is 0. The third kappa shape index (κ3) is 5.09. The smallest absolute Gasteiger partial charge is 0.416 e. The molecule has 0 fully saturated rings. The fraction of sp³-hybridized carbons (Fsp3) is 0.150. The van der Waals surface area contributed by atoms with Gasteiger partial charge in [0, 0.05) is 5.69 Å². The number of hydrogen-bond donors (Lipinski definition) is 2. The summed E-state index contributed by atoms with van der Waals surface area (Å²) in [4.78, 5) is 30.9. The zero-order valence-electron chi connectivity index (χ0n) is 16.5. The minimum absolute atomic E-state index is 0.138. The van der Waals surface area contributed by atoms with Crippen molar-refractivity contribution in [2.45, 2.75) is 13.1 Å². The average Bonchev–Trinajstić information content (AvgIpc) is 2.74. The van der Waals surface area contributed by atoms with Gasteiger partial charge in [-0.1, -0.05) is 12.1 Å². The summed E-state index contributed by atoms with van der Waals surface area (Å²) in [7, 11) is 0. The predicted octanol–water partition coefficient (Wildman–Crippen LogP) is 5.07. The number of alkyl halides is 3. The monoisotopic (exact) mass is 447 g/mol. The normalized spacial score (nSPS) is 11.0. The first kappa shape index (κ1) is 22.5. The Hall–Kier alpha value is -4.22. The topological polar surface area (TPSA) is 119 Å². The van der Waals surface area contributed by atoms with Gasteiger partial charge in [0.25, 0.3) is 0 Å². The lowest BCUT2D eigenvalue weighted by atomic mass is 10.1. The van der Waals surface area contributed by atoms with Gasteiger partial charge in [0.2, 0.25) is 11.6 Å². The van der Waals surface area contributed by atoms with E-state index >= 15 is 0 Å². The van der Waals surface area contributed by atoms with E-state index in [1.165, 1.54) is 12.1 Å². The van der Waals surface area contributed by atoms with Crippen LogP contribution in [0.3, 0.4) is 0 Å². The van der Waals surface area contributed by atoms with Crippen LogP contribution in [0.1, 0.15) is 22.8 Å². The number of esters is 1. The number of para-hydroxylation sites is 1. The molecule has 0 unspecified atom stereocenters. The number of ether oxygens (including phenoxy) is 1. The van der Waals surface area contributed by atoms with E-state index < -0.39 is 28.3 Å². The highest BCUT2D eigenvalue weighted by Crippen LogP contribution is 2.35. The number of carbonyl (C=O) groups is 1. The SMILES string of the molecule is CCOC(=O)c1ccccc1Nc1ncnc(Nc2ccc(C(F)(F)F)cc2)c1[N+](=O)[O-]. The number of aromatic nitrogens is 2. The zero-order valence-corrected chi connectivity index (χ0v) is 16.5. The second kappa shape index (κ2) is 9.29. The molecule has 166 valence electrons. The van der Waals surface area contributed by atoms with E-state index in [-0.39, 0.29) is 35.2 Å². The molecule has 1 heterocycles. The summed E-state index contributed by atoms with van der Waals surface area (Å²) < 4.78 is 43.2. The van der Waals surface area contributed by atoms with Crippen LogP contribution in [-0.4, -0.2) is 27.5 Å². The van der Waals surface area contributed by atoms with E-state index in [0.717, 1.165) is 30.6 Å². The van der Waals surface area contributed by atoms with Crippen LogP contribution in [0, 0.1) is 10.1 Å². The fourth-order valence-electron chi connectivity index (χ4n) is 2.72. The van der Waals surface area contributed by atoms with Gasteiger partial charge in [-0.05, 0) is 43.3 Å². The highest BCUT2D eigenvalue weighted by Gasteiger charge is 2.30. The van der Waals surface area contributed by atoms with Crippen molar-refractivity contribution < 1.29 is 27.6 Å². The summed E-state index contributed by atoms with van der Waals surface area (Å²) in [6, 6.07) is 10.1. The van der Waals surface area contributed by atoms with Crippen molar-refractivity contribution in [2.24, 2.45) is 0 Å². The van der Waals surface area contributed by atoms with Crippen LogP contribution in [0.4, 0.5) is 41.9 Å². The quantitative estimate of drug-likeness (QED) is 0.293. The van der Waals surface area contributed by atoms with Crippen LogP contribution < -0.4 is 10.6 Å². The number of rotatable bonds is 7. The average molecular weight is 447 g/mol. The van der Waals surface area contributed by atoms with Gasteiger partial charge in [-0.2, -0.15) is 13.2 Å². The lowest BCUT2D eigenvalue weighted by Crippen LogP contribution is -2.10. The highest BCUT2D eigenvalue weighted by molar-refractivity contribution is 5.97. The van der Waals surface area contributed by atoms with Crippen LogP contribution in [0.5, 0.6) is 0 Å². The van der Waals surface area contributed by atoms with Crippen LogP contribution in [-0.2, 0) is 10.9 Å². The Balaban J connectivity index is 1.95. The van der Waals surface area contributed by atoms with Crippen molar-refractivity contribution in [3.8, 4) is 0 Å². The third-order valence-electron chi connectivity index (χ3n) is 4.16. The van der Waals surface area contributed by atoms with Crippen LogP contribution >= 0.6 is 0 Å². The Kier molecular flexibility index (Phi) is 6.52. The second-order valence-electron chi connectivity index (χ2n) is 6.27. The number of anilines is 4. The molecule has 0 spiro atoms. The van der Waals surface area contributed by atoms with Gasteiger partial charge in [-0.3, -0.25) is 10.1 Å². The summed E-state index contributed by atoms with van der Waals surface area (Å²) in [5, 5.41) is 17.1. The molecule has 0 atom stereocenters. The molecule has 0 bridgehead atoms. The Morgan fingerprint density at radius 1 is 1.06 bits per heavy atom. The Labute approximate surface area is 179 Å². The standard InChI is InChI=1S/C20H16F3N5O4/c1-2-32-19(29)14-5-3-4-6-15(14)27-18-16(28(30)31)17(24-11-25-18)26-13-9-7-12(8-10-13)20(21,22)23/h3-11H,2H2,1H3,(H2,24,25,26,27). The molecule has 0 saturated heterocycles. The molecule has 0 amide bonds. The minimum Gasteiger partial charge on any atom is -0.462 e. The van der Waals surface area contributed by atoms with Crippen LogP contribution in [0.25, 0.3) is 0 Å². The minimum atomic E-state index is -4.51. The first-order valence-electron chi connectivity index (χ1n) is 9.17. The lowest BCUT2D eigenvalue weighted by Gasteiger charge is -2.13. The summed E-state index contributed by atoms with van der Waals surface area (Å²) in [6.07, 6.45) is -3.47. The number of nitrogens with one attached hydrogen (secondary N) is 2. The Morgan fingerprint density at radius 2 is 1.69 bits per heavy atom. The Morgan fingerprint density at radius 3 is 2.28 bits per heavy atom. The van der Waals surface area contributed by atoms with Crippen molar-refractivity contribution in [1.82, 2.24) is 9.97 Å². The first-order chi connectivity index (χ1) is 15.2. The molecule has 9 nitrogen and oxygen atoms in total. The van der Waals surface area contributed by atoms with Gasteiger partial charge in [0.05, 0.1) is 28.3 Å². The molecule has 0 saturated carbocycles. The molecule has 0 aliphatic rings. The maximum atomic E-state index is 12.7. The van der Waals surface area contributed by atoms with Crippen molar-refractivity contribution in [3.05, 3.63) is 76.1 Å². The maximum Gasteiger partial charge on any atom is 0.416 e. The van der Waals surface area contributed by atoms with E-state index in [4.69, 9.17) is 4.74 Å². The zero-order chi connectivity index (χ0) is 23.3. The van der Waals surface area contributed by atoms with Gasteiger partial charge < -0.3 is 15.4 Å². The highest BCUT2D eigenvalue weighted by atomic mass is 19.4. The van der Waals surface area contributed by atoms with Crippen LogP contribution in [0.15, 0.2) is 54.9 Å². The molecule has 1 aromatic heterocycles. The summed E-state index contributed by atoms with van der Waals surface area (Å²) in [5.74, 6) is -1.10. The largest absolute Gasteiger partial charge is 0.462 e. The Bertz CT molecular complexity index is 1140. The van der Waals surface area contributed by atoms with E-state index in [2.05, 4.69) is 20.6 Å². The predicted molar refractivity (Wildman–Crippen MR) is 109 cm³/mol. The van der Waals surface area contributed by atoms with E-state index in [1.807, 2.05) is 0 Å². The van der Waals surface area contributed by atoms with Crippen molar-refractivity contribution in [2.75, 3.05) is 17.2 Å². The number of hydrogen-bond acceptors (Lipinski definition) is 8. The van der Waals surface area contributed by atoms with Gasteiger partial charge >= 0.3 is 17.8 Å². The molecule has 12 heteroatoms. The molecule has 0 aliphatic heterocycles. The lowest BCUT2D eigenvalue weighted by molar-refractivity contribution is -0.383. The molecule has 2 N–H and O–H groups in total. The fourth-order valence-corrected chi connectivity index (χ4v) is 2.72.